The van der Waals surface area contributed by atoms with Gasteiger partial charge in [-0.3, -0.25) is 0 Å². The molecular formula is C15H13BrN2O. The van der Waals surface area contributed by atoms with Crippen LogP contribution in [0.3, 0.4) is 0 Å². The van der Waals surface area contributed by atoms with Crippen molar-refractivity contribution >= 4 is 21.4 Å². The van der Waals surface area contributed by atoms with Gasteiger partial charge in [-0.15, -0.1) is 0 Å². The van der Waals surface area contributed by atoms with Gasteiger partial charge in [0, 0.05) is 23.2 Å². The molecule has 0 aliphatic heterocycles. The quantitative estimate of drug-likeness (QED) is 0.736. The van der Waals surface area contributed by atoms with E-state index in [1.54, 1.807) is 7.11 Å². The van der Waals surface area contributed by atoms with Crippen LogP contribution < -0.4 is 4.74 Å². The molecule has 3 nitrogen and oxygen atoms in total. The predicted octanol–water partition coefficient (Wildman–Crippen LogP) is 3.70. The van der Waals surface area contributed by atoms with E-state index < -0.39 is 0 Å². The lowest BCUT2D eigenvalue weighted by Gasteiger charge is -2.05. The topological polar surface area (TPSA) is 26.5 Å². The van der Waals surface area contributed by atoms with Crippen molar-refractivity contribution in [3.05, 3.63) is 64.7 Å². The molecule has 0 saturated carbocycles. The van der Waals surface area contributed by atoms with E-state index in [4.69, 9.17) is 4.74 Å². The number of rotatable bonds is 3. The molecule has 0 saturated heterocycles. The van der Waals surface area contributed by atoms with Crippen LogP contribution in [0.4, 0.5) is 0 Å². The van der Waals surface area contributed by atoms with E-state index in [0.717, 1.165) is 28.0 Å². The van der Waals surface area contributed by atoms with Gasteiger partial charge in [0.2, 0.25) is 0 Å². The van der Waals surface area contributed by atoms with E-state index in [9.17, 15) is 0 Å². The Morgan fingerprint density at radius 3 is 2.89 bits per heavy atom. The maximum atomic E-state index is 5.22. The predicted molar refractivity (Wildman–Crippen MR) is 78.7 cm³/mol. The molecule has 0 spiro atoms. The summed E-state index contributed by atoms with van der Waals surface area (Å²) in [6, 6.07) is 12.1. The summed E-state index contributed by atoms with van der Waals surface area (Å²) in [4.78, 5) is 4.49. The highest BCUT2D eigenvalue weighted by Crippen LogP contribution is 2.21. The first kappa shape index (κ1) is 12.2. The Hall–Kier alpha value is -1.81. The molecule has 0 aliphatic rings. The van der Waals surface area contributed by atoms with Crippen LogP contribution in [0.2, 0.25) is 0 Å². The minimum atomic E-state index is 0.794. The van der Waals surface area contributed by atoms with Crippen LogP contribution in [0.15, 0.2) is 53.3 Å². The fraction of sp³-hybridized carbons (Fsp3) is 0.133. The molecule has 96 valence electrons. The molecule has 19 heavy (non-hydrogen) atoms. The van der Waals surface area contributed by atoms with Crippen LogP contribution in [0.5, 0.6) is 5.75 Å². The van der Waals surface area contributed by atoms with Crippen molar-refractivity contribution in [3.8, 4) is 5.75 Å². The normalized spacial score (nSPS) is 10.8. The summed E-state index contributed by atoms with van der Waals surface area (Å²) in [5, 5.41) is 0. The van der Waals surface area contributed by atoms with Crippen LogP contribution >= 0.6 is 15.9 Å². The van der Waals surface area contributed by atoms with Crippen molar-refractivity contribution in [1.29, 1.82) is 0 Å². The molecule has 3 aromatic rings. The molecule has 0 fully saturated rings. The Bertz CT molecular complexity index is 721. The third-order valence-electron chi connectivity index (χ3n) is 3.12. The standard InChI is InChI=1S/C15H13BrN2O/c1-19-13-6-7-18-12(9-13)10-17-15(18)8-11-4-2-3-5-14(11)16/h2-7,9-10H,8H2,1H3. The van der Waals surface area contributed by atoms with Crippen molar-refractivity contribution in [2.75, 3.05) is 7.11 Å². The van der Waals surface area contributed by atoms with Gasteiger partial charge in [0.25, 0.3) is 0 Å². The number of benzene rings is 1. The van der Waals surface area contributed by atoms with Gasteiger partial charge >= 0.3 is 0 Å². The first-order chi connectivity index (χ1) is 9.28. The molecular weight excluding hydrogens is 304 g/mol. The number of hydrogen-bond donors (Lipinski definition) is 0. The Balaban J connectivity index is 2.00. The second-order valence-electron chi connectivity index (χ2n) is 4.30. The average Bonchev–Trinajstić information content (AvgIpc) is 2.83. The zero-order valence-corrected chi connectivity index (χ0v) is 12.1. The number of fused-ring (bicyclic) bond motifs is 1. The number of methoxy groups -OCH3 is 1. The van der Waals surface area contributed by atoms with E-state index in [-0.39, 0.29) is 0 Å². The number of ether oxygens (including phenoxy) is 1. The number of halogens is 1. The van der Waals surface area contributed by atoms with Gasteiger partial charge in [0.1, 0.15) is 11.6 Å². The summed E-state index contributed by atoms with van der Waals surface area (Å²) in [7, 11) is 1.67. The lowest BCUT2D eigenvalue weighted by Crippen LogP contribution is -1.97. The monoisotopic (exact) mass is 316 g/mol. The van der Waals surface area contributed by atoms with Crippen LogP contribution in [-0.2, 0) is 6.42 Å². The van der Waals surface area contributed by atoms with Gasteiger partial charge in [-0.25, -0.2) is 4.98 Å². The molecule has 0 unspecified atom stereocenters. The molecule has 1 aromatic carbocycles. The van der Waals surface area contributed by atoms with E-state index in [1.807, 2.05) is 42.7 Å². The largest absolute Gasteiger partial charge is 0.497 e. The summed E-state index contributed by atoms with van der Waals surface area (Å²) in [6.07, 6.45) is 4.66. The maximum Gasteiger partial charge on any atom is 0.122 e. The van der Waals surface area contributed by atoms with Crippen LogP contribution in [0.1, 0.15) is 11.4 Å². The van der Waals surface area contributed by atoms with E-state index in [0.29, 0.717) is 0 Å². The molecule has 0 aliphatic carbocycles. The number of imidazole rings is 1. The summed E-state index contributed by atoms with van der Waals surface area (Å²) in [6.45, 7) is 0. The lowest BCUT2D eigenvalue weighted by atomic mass is 10.1. The first-order valence-corrected chi connectivity index (χ1v) is 6.80. The zero-order chi connectivity index (χ0) is 13.2. The highest BCUT2D eigenvalue weighted by Gasteiger charge is 2.07. The molecule has 3 rings (SSSR count). The molecule has 0 radical (unpaired) electrons. The van der Waals surface area contributed by atoms with Crippen molar-refractivity contribution in [1.82, 2.24) is 9.38 Å². The third kappa shape index (κ3) is 2.36. The number of hydrogen-bond acceptors (Lipinski definition) is 2. The second-order valence-corrected chi connectivity index (χ2v) is 5.16. The average molecular weight is 317 g/mol. The Kier molecular flexibility index (Phi) is 3.25. The Labute approximate surface area is 120 Å². The van der Waals surface area contributed by atoms with Crippen molar-refractivity contribution in [3.63, 3.8) is 0 Å². The molecule has 4 heteroatoms. The SMILES string of the molecule is COc1ccn2c(Cc3ccccc3Br)ncc2c1. The smallest absolute Gasteiger partial charge is 0.122 e. The Morgan fingerprint density at radius 2 is 2.11 bits per heavy atom. The highest BCUT2D eigenvalue weighted by molar-refractivity contribution is 9.10. The van der Waals surface area contributed by atoms with Gasteiger partial charge in [0.05, 0.1) is 18.8 Å². The first-order valence-electron chi connectivity index (χ1n) is 6.01. The van der Waals surface area contributed by atoms with Gasteiger partial charge in [0.15, 0.2) is 0 Å². The fourth-order valence-electron chi connectivity index (χ4n) is 2.10. The number of aromatic nitrogens is 2. The fourth-order valence-corrected chi connectivity index (χ4v) is 2.53. The van der Waals surface area contributed by atoms with Crippen LogP contribution in [-0.4, -0.2) is 16.5 Å². The lowest BCUT2D eigenvalue weighted by molar-refractivity contribution is 0.414. The van der Waals surface area contributed by atoms with Gasteiger partial charge in [-0.1, -0.05) is 34.1 Å². The van der Waals surface area contributed by atoms with E-state index >= 15 is 0 Å². The third-order valence-corrected chi connectivity index (χ3v) is 3.90. The zero-order valence-electron chi connectivity index (χ0n) is 10.5. The Morgan fingerprint density at radius 1 is 1.26 bits per heavy atom. The summed E-state index contributed by atoms with van der Waals surface area (Å²) >= 11 is 3.57. The molecule has 0 atom stereocenters. The molecule has 0 amide bonds. The van der Waals surface area contributed by atoms with Gasteiger partial charge < -0.3 is 9.14 Å². The van der Waals surface area contributed by atoms with Crippen molar-refractivity contribution in [2.24, 2.45) is 0 Å². The minimum absolute atomic E-state index is 0.794. The molecule has 0 N–H and O–H groups in total. The van der Waals surface area contributed by atoms with E-state index in [1.165, 1.54) is 5.56 Å². The van der Waals surface area contributed by atoms with Crippen LogP contribution in [0, 0.1) is 0 Å². The second kappa shape index (κ2) is 5.05. The van der Waals surface area contributed by atoms with Crippen molar-refractivity contribution < 1.29 is 4.74 Å². The van der Waals surface area contributed by atoms with E-state index in [2.05, 4.69) is 31.4 Å². The molecule has 2 heterocycles. The number of nitrogens with zero attached hydrogens (tertiary/aromatic N) is 2. The highest BCUT2D eigenvalue weighted by atomic mass is 79.9. The number of pyridine rings is 1. The van der Waals surface area contributed by atoms with Gasteiger partial charge in [-0.2, -0.15) is 0 Å². The summed E-state index contributed by atoms with van der Waals surface area (Å²) in [5.74, 6) is 1.87. The minimum Gasteiger partial charge on any atom is -0.497 e. The van der Waals surface area contributed by atoms with Gasteiger partial charge in [-0.05, 0) is 17.7 Å². The summed E-state index contributed by atoms with van der Waals surface area (Å²) in [5.41, 5.74) is 2.27. The maximum absolute atomic E-state index is 5.22. The molecule has 2 aromatic heterocycles. The molecule has 0 bridgehead atoms. The van der Waals surface area contributed by atoms with Crippen molar-refractivity contribution in [2.45, 2.75) is 6.42 Å². The van der Waals surface area contributed by atoms with Crippen LogP contribution in [0.25, 0.3) is 5.52 Å². The summed E-state index contributed by atoms with van der Waals surface area (Å²) < 4.78 is 8.42.